The Hall–Kier alpha value is -2.29. The molecule has 0 aromatic heterocycles. The van der Waals surface area contributed by atoms with Crippen molar-refractivity contribution in [1.82, 2.24) is 16.0 Å². The normalized spacial score (nSPS) is 10.7. The second kappa shape index (κ2) is 13.8. The first-order chi connectivity index (χ1) is 14.1. The molecule has 3 N–H and O–H groups in total. The third-order valence-corrected chi connectivity index (χ3v) is 4.48. The van der Waals surface area contributed by atoms with E-state index in [1.807, 2.05) is 24.3 Å². The van der Waals surface area contributed by atoms with Crippen LogP contribution in [0.2, 0.25) is 0 Å². The van der Waals surface area contributed by atoms with Crippen LogP contribution in [0.25, 0.3) is 0 Å². The van der Waals surface area contributed by atoms with Gasteiger partial charge in [0.2, 0.25) is 0 Å². The van der Waals surface area contributed by atoms with E-state index < -0.39 is 0 Å². The van der Waals surface area contributed by atoms with Gasteiger partial charge in [-0.2, -0.15) is 0 Å². The van der Waals surface area contributed by atoms with Crippen LogP contribution in [0.3, 0.4) is 0 Å². The standard InChI is InChI=1S/C23H32N4O2.HI/c1-5-13-29-21-14-17(2)9-10-20(21)16-27-23(25-4)26-12-11-18-7-6-8-19(15-18)22(28)24-3;/h6-10,14-15H,5,11-13,16H2,1-4H3,(H,24,28)(H2,25,26,27);1H. The average Bonchev–Trinajstić information content (AvgIpc) is 2.75. The van der Waals surface area contributed by atoms with Gasteiger partial charge in [-0.3, -0.25) is 9.79 Å². The molecule has 0 fully saturated rings. The second-order valence-electron chi connectivity index (χ2n) is 6.84. The van der Waals surface area contributed by atoms with E-state index in [1.54, 1.807) is 14.1 Å². The minimum Gasteiger partial charge on any atom is -0.493 e. The highest BCUT2D eigenvalue weighted by molar-refractivity contribution is 14.0. The Kier molecular flexibility index (Phi) is 11.9. The van der Waals surface area contributed by atoms with Crippen molar-refractivity contribution in [2.45, 2.75) is 33.2 Å². The molecule has 0 aliphatic rings. The first-order valence-corrected chi connectivity index (χ1v) is 10.0. The van der Waals surface area contributed by atoms with Gasteiger partial charge in [0, 0.05) is 38.3 Å². The predicted molar refractivity (Wildman–Crippen MR) is 134 cm³/mol. The number of nitrogens with one attached hydrogen (secondary N) is 3. The van der Waals surface area contributed by atoms with Crippen molar-refractivity contribution in [3.05, 3.63) is 64.7 Å². The first kappa shape index (κ1) is 25.7. The lowest BCUT2D eigenvalue weighted by Crippen LogP contribution is -2.38. The highest BCUT2D eigenvalue weighted by atomic mass is 127. The van der Waals surface area contributed by atoms with Crippen molar-refractivity contribution in [1.29, 1.82) is 0 Å². The van der Waals surface area contributed by atoms with Crippen molar-refractivity contribution in [2.75, 3.05) is 27.2 Å². The maximum Gasteiger partial charge on any atom is 0.251 e. The molecule has 164 valence electrons. The molecule has 1 amide bonds. The summed E-state index contributed by atoms with van der Waals surface area (Å²) in [5.74, 6) is 1.58. The minimum atomic E-state index is -0.0727. The number of halogens is 1. The van der Waals surface area contributed by atoms with Gasteiger partial charge in [-0.05, 0) is 49.1 Å². The van der Waals surface area contributed by atoms with E-state index >= 15 is 0 Å². The molecule has 2 aromatic rings. The molecule has 7 heteroatoms. The molecule has 2 aromatic carbocycles. The number of carbonyl (C=O) groups excluding carboxylic acids is 1. The van der Waals surface area contributed by atoms with Crippen LogP contribution in [-0.4, -0.2) is 39.1 Å². The zero-order chi connectivity index (χ0) is 21.1. The summed E-state index contributed by atoms with van der Waals surface area (Å²) in [6, 6.07) is 13.9. The SMILES string of the molecule is CCCOc1cc(C)ccc1CNC(=NC)NCCc1cccc(C(=O)NC)c1.I. The molecule has 0 aliphatic heterocycles. The lowest BCUT2D eigenvalue weighted by molar-refractivity contribution is 0.0963. The molecule has 0 aliphatic carbocycles. The molecule has 0 radical (unpaired) electrons. The smallest absolute Gasteiger partial charge is 0.251 e. The molecule has 0 saturated carbocycles. The topological polar surface area (TPSA) is 74.8 Å². The van der Waals surface area contributed by atoms with E-state index in [2.05, 4.69) is 53.0 Å². The molecule has 0 spiro atoms. The summed E-state index contributed by atoms with van der Waals surface area (Å²) in [7, 11) is 3.39. The number of rotatable bonds is 9. The van der Waals surface area contributed by atoms with Crippen molar-refractivity contribution in [3.8, 4) is 5.75 Å². The van der Waals surface area contributed by atoms with Crippen LogP contribution in [-0.2, 0) is 13.0 Å². The Morgan fingerprint density at radius 1 is 1.13 bits per heavy atom. The minimum absolute atomic E-state index is 0. The molecule has 0 saturated heterocycles. The summed E-state index contributed by atoms with van der Waals surface area (Å²) in [6.45, 7) is 6.22. The van der Waals surface area contributed by atoms with E-state index in [0.29, 0.717) is 25.3 Å². The molecule has 0 atom stereocenters. The van der Waals surface area contributed by atoms with E-state index in [-0.39, 0.29) is 29.9 Å². The van der Waals surface area contributed by atoms with Crippen LogP contribution in [0.1, 0.15) is 40.4 Å². The Labute approximate surface area is 196 Å². The van der Waals surface area contributed by atoms with Crippen LogP contribution in [0.4, 0.5) is 0 Å². The lowest BCUT2D eigenvalue weighted by atomic mass is 10.1. The summed E-state index contributed by atoms with van der Waals surface area (Å²) < 4.78 is 5.88. The van der Waals surface area contributed by atoms with Crippen molar-refractivity contribution >= 4 is 35.8 Å². The summed E-state index contributed by atoms with van der Waals surface area (Å²) in [5.41, 5.74) is 4.06. The van der Waals surface area contributed by atoms with Gasteiger partial charge in [0.05, 0.1) is 6.61 Å². The van der Waals surface area contributed by atoms with Gasteiger partial charge in [-0.1, -0.05) is 31.2 Å². The van der Waals surface area contributed by atoms with E-state index in [0.717, 1.165) is 35.7 Å². The largest absolute Gasteiger partial charge is 0.493 e. The van der Waals surface area contributed by atoms with Gasteiger partial charge in [-0.25, -0.2) is 0 Å². The van der Waals surface area contributed by atoms with Gasteiger partial charge >= 0.3 is 0 Å². The fourth-order valence-corrected chi connectivity index (χ4v) is 2.89. The highest BCUT2D eigenvalue weighted by Gasteiger charge is 2.07. The van der Waals surface area contributed by atoms with E-state index in [9.17, 15) is 4.79 Å². The van der Waals surface area contributed by atoms with Gasteiger partial charge in [-0.15, -0.1) is 24.0 Å². The van der Waals surface area contributed by atoms with Crippen LogP contribution in [0, 0.1) is 6.92 Å². The van der Waals surface area contributed by atoms with Crippen LogP contribution >= 0.6 is 24.0 Å². The molecular formula is C23H33IN4O2. The monoisotopic (exact) mass is 524 g/mol. The van der Waals surface area contributed by atoms with Gasteiger partial charge in [0.15, 0.2) is 5.96 Å². The Morgan fingerprint density at radius 3 is 2.63 bits per heavy atom. The summed E-state index contributed by atoms with van der Waals surface area (Å²) >= 11 is 0. The zero-order valence-electron chi connectivity index (χ0n) is 18.2. The summed E-state index contributed by atoms with van der Waals surface area (Å²) in [5, 5.41) is 9.32. The molecule has 0 bridgehead atoms. The van der Waals surface area contributed by atoms with Gasteiger partial charge in [0.25, 0.3) is 5.91 Å². The zero-order valence-corrected chi connectivity index (χ0v) is 20.6. The van der Waals surface area contributed by atoms with Gasteiger partial charge in [0.1, 0.15) is 5.75 Å². The number of carbonyl (C=O) groups is 1. The average molecular weight is 524 g/mol. The molecular weight excluding hydrogens is 491 g/mol. The number of benzene rings is 2. The number of ether oxygens (including phenoxy) is 1. The van der Waals surface area contributed by atoms with Crippen LogP contribution in [0.15, 0.2) is 47.5 Å². The second-order valence-corrected chi connectivity index (χ2v) is 6.84. The first-order valence-electron chi connectivity index (χ1n) is 10.0. The van der Waals surface area contributed by atoms with Gasteiger partial charge < -0.3 is 20.7 Å². The Balaban J connectivity index is 0.00000450. The summed E-state index contributed by atoms with van der Waals surface area (Å²) in [4.78, 5) is 16.1. The fraction of sp³-hybridized carbons (Fsp3) is 0.391. The van der Waals surface area contributed by atoms with E-state index in [1.165, 1.54) is 5.56 Å². The third-order valence-electron chi connectivity index (χ3n) is 4.48. The lowest BCUT2D eigenvalue weighted by Gasteiger charge is -2.15. The number of amides is 1. The van der Waals surface area contributed by atoms with Crippen LogP contribution in [0.5, 0.6) is 5.75 Å². The summed E-state index contributed by atoms with van der Waals surface area (Å²) in [6.07, 6.45) is 1.77. The van der Waals surface area contributed by atoms with E-state index in [4.69, 9.17) is 4.74 Å². The number of nitrogens with zero attached hydrogens (tertiary/aromatic N) is 1. The molecule has 0 unspecified atom stereocenters. The molecule has 0 heterocycles. The number of hydrogen-bond acceptors (Lipinski definition) is 3. The maximum atomic E-state index is 11.8. The number of aliphatic imine (C=N–C) groups is 1. The van der Waals surface area contributed by atoms with Crippen molar-refractivity contribution in [2.24, 2.45) is 4.99 Å². The van der Waals surface area contributed by atoms with Crippen LogP contribution < -0.4 is 20.7 Å². The Bertz CT molecular complexity index is 840. The fourth-order valence-electron chi connectivity index (χ4n) is 2.89. The Morgan fingerprint density at radius 2 is 1.93 bits per heavy atom. The van der Waals surface area contributed by atoms with Crippen molar-refractivity contribution < 1.29 is 9.53 Å². The quantitative estimate of drug-likeness (QED) is 0.266. The number of aryl methyl sites for hydroxylation is 1. The molecule has 30 heavy (non-hydrogen) atoms. The number of hydrogen-bond donors (Lipinski definition) is 3. The predicted octanol–water partition coefficient (Wildman–Crippen LogP) is 3.67. The third kappa shape index (κ3) is 8.22. The molecule has 2 rings (SSSR count). The number of guanidine groups is 1. The highest BCUT2D eigenvalue weighted by Crippen LogP contribution is 2.20. The maximum absolute atomic E-state index is 11.8. The molecule has 6 nitrogen and oxygen atoms in total. The van der Waals surface area contributed by atoms with Crippen molar-refractivity contribution in [3.63, 3.8) is 0 Å².